The zero-order chi connectivity index (χ0) is 15.6. The molecule has 1 aromatic carbocycles. The summed E-state index contributed by atoms with van der Waals surface area (Å²) in [5, 5.41) is 9.74. The molecule has 5 heteroatoms. The topological polar surface area (TPSA) is 69.8 Å². The van der Waals surface area contributed by atoms with E-state index in [0.29, 0.717) is 25.2 Å². The van der Waals surface area contributed by atoms with Crippen molar-refractivity contribution in [2.75, 3.05) is 32.7 Å². The molecular weight excluding hydrogens is 266 g/mol. The second-order valence-corrected chi connectivity index (χ2v) is 6.30. The van der Waals surface area contributed by atoms with Gasteiger partial charge in [-0.1, -0.05) is 6.07 Å². The molecule has 5 nitrogen and oxygen atoms in total. The summed E-state index contributed by atoms with van der Waals surface area (Å²) in [5.41, 5.74) is 7.10. The minimum atomic E-state index is -0.0305. The Bertz CT molecular complexity index is 520. The fraction of sp³-hybridized carbons (Fsp3) is 0.562. The minimum Gasteiger partial charge on any atom is -0.508 e. The van der Waals surface area contributed by atoms with Crippen molar-refractivity contribution in [1.82, 2.24) is 9.80 Å². The highest BCUT2D eigenvalue weighted by molar-refractivity contribution is 5.94. The summed E-state index contributed by atoms with van der Waals surface area (Å²) in [6, 6.07) is 5.10. The molecule has 1 heterocycles. The van der Waals surface area contributed by atoms with Crippen LogP contribution in [0.5, 0.6) is 5.75 Å². The molecule has 21 heavy (non-hydrogen) atoms. The first kappa shape index (κ1) is 15.8. The molecule has 0 spiro atoms. The van der Waals surface area contributed by atoms with Crippen molar-refractivity contribution in [3.8, 4) is 5.75 Å². The Kier molecular flexibility index (Phi) is 4.54. The molecule has 1 aromatic rings. The Morgan fingerprint density at radius 1 is 1.29 bits per heavy atom. The number of amides is 1. The highest BCUT2D eigenvalue weighted by Crippen LogP contribution is 2.20. The van der Waals surface area contributed by atoms with Crippen molar-refractivity contribution in [1.29, 1.82) is 0 Å². The Hall–Kier alpha value is -1.59. The Morgan fingerprint density at radius 3 is 2.43 bits per heavy atom. The van der Waals surface area contributed by atoms with E-state index in [0.717, 1.165) is 18.7 Å². The molecule has 0 aliphatic carbocycles. The molecule has 3 N–H and O–H groups in total. The van der Waals surface area contributed by atoms with Gasteiger partial charge in [-0.3, -0.25) is 9.69 Å². The van der Waals surface area contributed by atoms with E-state index in [2.05, 4.69) is 18.7 Å². The van der Waals surface area contributed by atoms with E-state index < -0.39 is 0 Å². The minimum absolute atomic E-state index is 0.0181. The number of carbonyl (C=O) groups excluding carboxylic acids is 1. The summed E-state index contributed by atoms with van der Waals surface area (Å²) >= 11 is 0. The van der Waals surface area contributed by atoms with Crippen LogP contribution in [-0.2, 0) is 0 Å². The van der Waals surface area contributed by atoms with Crippen LogP contribution in [0.4, 0.5) is 0 Å². The molecule has 0 atom stereocenters. The molecular formula is C16H25N3O2. The number of hydrogen-bond acceptors (Lipinski definition) is 4. The summed E-state index contributed by atoms with van der Waals surface area (Å²) < 4.78 is 0. The predicted octanol–water partition coefficient (Wildman–Crippen LogP) is 1.20. The van der Waals surface area contributed by atoms with Gasteiger partial charge < -0.3 is 15.7 Å². The van der Waals surface area contributed by atoms with Crippen LogP contribution >= 0.6 is 0 Å². The summed E-state index contributed by atoms with van der Waals surface area (Å²) in [7, 11) is 0. The quantitative estimate of drug-likeness (QED) is 0.878. The van der Waals surface area contributed by atoms with Gasteiger partial charge in [-0.05, 0) is 38.5 Å². The lowest BCUT2D eigenvalue weighted by Crippen LogP contribution is -2.58. The third kappa shape index (κ3) is 3.36. The molecule has 1 amide bonds. The molecule has 1 fully saturated rings. The van der Waals surface area contributed by atoms with Gasteiger partial charge in [0.05, 0.1) is 0 Å². The maximum absolute atomic E-state index is 12.5. The second-order valence-electron chi connectivity index (χ2n) is 6.30. The lowest BCUT2D eigenvalue weighted by atomic mass is 10.0. The van der Waals surface area contributed by atoms with Crippen molar-refractivity contribution in [2.45, 2.75) is 26.3 Å². The van der Waals surface area contributed by atoms with E-state index in [9.17, 15) is 9.90 Å². The van der Waals surface area contributed by atoms with Gasteiger partial charge in [0.2, 0.25) is 0 Å². The van der Waals surface area contributed by atoms with Crippen molar-refractivity contribution < 1.29 is 9.90 Å². The first-order valence-corrected chi connectivity index (χ1v) is 7.39. The van der Waals surface area contributed by atoms with E-state index in [1.54, 1.807) is 18.2 Å². The number of piperazine rings is 1. The van der Waals surface area contributed by atoms with Crippen molar-refractivity contribution in [3.63, 3.8) is 0 Å². The average Bonchev–Trinajstić information content (AvgIpc) is 2.49. The highest BCUT2D eigenvalue weighted by Gasteiger charge is 2.30. The number of benzene rings is 1. The molecule has 2 rings (SSSR count). The Balaban J connectivity index is 2.02. The molecule has 0 saturated carbocycles. The SMILES string of the molecule is Cc1ccc(C(=O)N2CCN(C(C)(C)CN)CC2)cc1O. The number of rotatable bonds is 3. The molecule has 1 aliphatic heterocycles. The molecule has 0 unspecified atom stereocenters. The third-order valence-corrected chi connectivity index (χ3v) is 4.38. The summed E-state index contributed by atoms with van der Waals surface area (Å²) in [6.07, 6.45) is 0. The maximum atomic E-state index is 12.5. The largest absolute Gasteiger partial charge is 0.508 e. The van der Waals surface area contributed by atoms with Crippen LogP contribution in [0, 0.1) is 6.92 Å². The average molecular weight is 291 g/mol. The van der Waals surface area contributed by atoms with Crippen molar-refractivity contribution in [2.24, 2.45) is 5.73 Å². The van der Waals surface area contributed by atoms with E-state index in [4.69, 9.17) is 5.73 Å². The van der Waals surface area contributed by atoms with E-state index in [1.807, 2.05) is 11.8 Å². The van der Waals surface area contributed by atoms with Crippen molar-refractivity contribution >= 4 is 5.91 Å². The second kappa shape index (κ2) is 6.03. The van der Waals surface area contributed by atoms with Crippen LogP contribution in [0.2, 0.25) is 0 Å². The summed E-state index contributed by atoms with van der Waals surface area (Å²) in [4.78, 5) is 16.6. The van der Waals surface area contributed by atoms with Gasteiger partial charge in [-0.15, -0.1) is 0 Å². The summed E-state index contributed by atoms with van der Waals surface area (Å²) in [5.74, 6) is 0.152. The third-order valence-electron chi connectivity index (χ3n) is 4.38. The van der Waals surface area contributed by atoms with E-state index >= 15 is 0 Å². The van der Waals surface area contributed by atoms with Gasteiger partial charge in [0.15, 0.2) is 0 Å². The number of nitrogens with two attached hydrogens (primary N) is 1. The Morgan fingerprint density at radius 2 is 1.90 bits per heavy atom. The van der Waals surface area contributed by atoms with Gasteiger partial charge in [0, 0.05) is 43.8 Å². The summed E-state index contributed by atoms with van der Waals surface area (Å²) in [6.45, 7) is 9.71. The monoisotopic (exact) mass is 291 g/mol. The van der Waals surface area contributed by atoms with Gasteiger partial charge in [-0.2, -0.15) is 0 Å². The first-order chi connectivity index (χ1) is 9.85. The van der Waals surface area contributed by atoms with Gasteiger partial charge >= 0.3 is 0 Å². The number of aromatic hydroxyl groups is 1. The normalized spacial score (nSPS) is 17.0. The molecule has 1 aliphatic rings. The fourth-order valence-electron chi connectivity index (χ4n) is 2.57. The zero-order valence-electron chi connectivity index (χ0n) is 13.1. The standard InChI is InChI=1S/C16H25N3O2/c1-12-4-5-13(10-14(12)20)15(21)18-6-8-19(9-7-18)16(2,3)11-17/h4-5,10,20H,6-9,11,17H2,1-3H3. The molecule has 1 saturated heterocycles. The Labute approximate surface area is 126 Å². The van der Waals surface area contributed by atoms with Crippen LogP contribution < -0.4 is 5.73 Å². The first-order valence-electron chi connectivity index (χ1n) is 7.39. The molecule has 0 radical (unpaired) electrons. The number of aryl methyl sites for hydroxylation is 1. The number of carbonyl (C=O) groups is 1. The van der Waals surface area contributed by atoms with E-state index in [1.165, 1.54) is 0 Å². The fourth-order valence-corrected chi connectivity index (χ4v) is 2.57. The van der Waals surface area contributed by atoms with Gasteiger partial charge in [-0.25, -0.2) is 0 Å². The molecule has 0 aromatic heterocycles. The van der Waals surface area contributed by atoms with Crippen LogP contribution in [0.15, 0.2) is 18.2 Å². The van der Waals surface area contributed by atoms with E-state index in [-0.39, 0.29) is 17.2 Å². The lowest BCUT2D eigenvalue weighted by molar-refractivity contribution is 0.0426. The number of phenols is 1. The maximum Gasteiger partial charge on any atom is 0.254 e. The molecule has 116 valence electrons. The van der Waals surface area contributed by atoms with Crippen LogP contribution in [-0.4, -0.2) is 59.1 Å². The zero-order valence-corrected chi connectivity index (χ0v) is 13.1. The van der Waals surface area contributed by atoms with Crippen LogP contribution in [0.3, 0.4) is 0 Å². The lowest BCUT2D eigenvalue weighted by Gasteiger charge is -2.43. The molecule has 0 bridgehead atoms. The predicted molar refractivity (Wildman–Crippen MR) is 83.5 cm³/mol. The highest BCUT2D eigenvalue weighted by atomic mass is 16.3. The van der Waals surface area contributed by atoms with Gasteiger partial charge in [0.1, 0.15) is 5.75 Å². The number of phenolic OH excluding ortho intramolecular Hbond substituents is 1. The van der Waals surface area contributed by atoms with Crippen molar-refractivity contribution in [3.05, 3.63) is 29.3 Å². The van der Waals surface area contributed by atoms with Gasteiger partial charge in [0.25, 0.3) is 5.91 Å². The number of hydrogen-bond donors (Lipinski definition) is 2. The number of nitrogens with zero attached hydrogens (tertiary/aromatic N) is 2. The smallest absolute Gasteiger partial charge is 0.254 e. The van der Waals surface area contributed by atoms with Crippen LogP contribution in [0.1, 0.15) is 29.8 Å². The van der Waals surface area contributed by atoms with Crippen LogP contribution in [0.25, 0.3) is 0 Å².